The summed E-state index contributed by atoms with van der Waals surface area (Å²) in [6, 6.07) is 5.71. The summed E-state index contributed by atoms with van der Waals surface area (Å²) in [6.07, 6.45) is 5.17. The van der Waals surface area contributed by atoms with Crippen LogP contribution in [0.3, 0.4) is 0 Å². The molecule has 3 rings (SSSR count). The Morgan fingerprint density at radius 1 is 1.38 bits per heavy atom. The van der Waals surface area contributed by atoms with Gasteiger partial charge in [0.05, 0.1) is 35.7 Å². The number of likely N-dealkylation sites (tertiary alicyclic amines) is 1. The van der Waals surface area contributed by atoms with Gasteiger partial charge in [0.15, 0.2) is 0 Å². The lowest BCUT2D eigenvalue weighted by molar-refractivity contribution is -0.119. The van der Waals surface area contributed by atoms with Gasteiger partial charge in [-0.15, -0.1) is 0 Å². The number of carbonyl (C=O) groups excluding carboxylic acids is 2. The molecule has 2 amide bonds. The van der Waals surface area contributed by atoms with Gasteiger partial charge in [0.1, 0.15) is 0 Å². The highest BCUT2D eigenvalue weighted by Crippen LogP contribution is 2.32. The van der Waals surface area contributed by atoms with Gasteiger partial charge in [-0.2, -0.15) is 5.10 Å². The predicted molar refractivity (Wildman–Crippen MR) is 88.0 cm³/mol. The largest absolute Gasteiger partial charge is 0.351 e. The van der Waals surface area contributed by atoms with Crippen LogP contribution in [-0.2, 0) is 18.4 Å². The second-order valence-corrected chi connectivity index (χ2v) is 6.02. The van der Waals surface area contributed by atoms with Crippen LogP contribution in [0.15, 0.2) is 30.6 Å². The molecule has 1 N–H and O–H groups in total. The Bertz CT molecular complexity index is 755. The Hall–Kier alpha value is -2.70. The van der Waals surface area contributed by atoms with Crippen LogP contribution in [0.5, 0.6) is 0 Å². The van der Waals surface area contributed by atoms with Gasteiger partial charge in [-0.25, -0.2) is 0 Å². The molecule has 3 heterocycles. The summed E-state index contributed by atoms with van der Waals surface area (Å²) in [6.45, 7) is 2.59. The predicted octanol–water partition coefficient (Wildman–Crippen LogP) is 1.43. The summed E-state index contributed by atoms with van der Waals surface area (Å²) in [5.41, 5.74) is 2.26. The molecule has 0 bridgehead atoms. The normalized spacial score (nSPS) is 17.1. The van der Waals surface area contributed by atoms with Crippen molar-refractivity contribution in [2.75, 3.05) is 6.54 Å². The lowest BCUT2D eigenvalue weighted by Crippen LogP contribution is -2.31. The second kappa shape index (κ2) is 6.82. The molecular weight excluding hydrogens is 306 g/mol. The van der Waals surface area contributed by atoms with Gasteiger partial charge in [0.2, 0.25) is 5.91 Å². The molecule has 7 nitrogen and oxygen atoms in total. The lowest BCUT2D eigenvalue weighted by atomic mass is 10.1. The summed E-state index contributed by atoms with van der Waals surface area (Å²) < 4.78 is 1.63. The average molecular weight is 327 g/mol. The summed E-state index contributed by atoms with van der Waals surface area (Å²) in [7, 11) is 1.80. The fourth-order valence-corrected chi connectivity index (χ4v) is 3.01. The van der Waals surface area contributed by atoms with Gasteiger partial charge in [-0.1, -0.05) is 6.07 Å². The number of nitrogens with one attached hydrogen (secondary N) is 1. The molecule has 2 aromatic rings. The van der Waals surface area contributed by atoms with E-state index in [9.17, 15) is 9.59 Å². The molecule has 0 spiro atoms. The maximum absolute atomic E-state index is 12.7. The molecule has 1 aliphatic rings. The molecule has 0 aromatic carbocycles. The van der Waals surface area contributed by atoms with Gasteiger partial charge in [-0.05, 0) is 25.0 Å². The molecule has 2 aromatic heterocycles. The van der Waals surface area contributed by atoms with Crippen molar-refractivity contribution in [1.82, 2.24) is 25.0 Å². The zero-order valence-electron chi connectivity index (χ0n) is 13.9. The quantitative estimate of drug-likeness (QED) is 0.921. The van der Waals surface area contributed by atoms with Crippen molar-refractivity contribution in [3.8, 4) is 0 Å². The van der Waals surface area contributed by atoms with Crippen LogP contribution in [0, 0.1) is 0 Å². The molecule has 24 heavy (non-hydrogen) atoms. The fourth-order valence-electron chi connectivity index (χ4n) is 3.01. The molecule has 1 aliphatic heterocycles. The number of aryl methyl sites for hydroxylation is 1. The molecule has 126 valence electrons. The molecule has 0 aliphatic carbocycles. The lowest BCUT2D eigenvalue weighted by Gasteiger charge is -2.24. The minimum Gasteiger partial charge on any atom is -0.351 e. The van der Waals surface area contributed by atoms with Gasteiger partial charge in [0, 0.05) is 26.7 Å². The summed E-state index contributed by atoms with van der Waals surface area (Å²) in [5.74, 6) is -0.101. The number of nitrogens with zero attached hydrogens (tertiary/aromatic N) is 4. The van der Waals surface area contributed by atoms with Crippen molar-refractivity contribution >= 4 is 11.8 Å². The van der Waals surface area contributed by atoms with E-state index in [0.717, 1.165) is 30.8 Å². The highest BCUT2D eigenvalue weighted by Gasteiger charge is 2.32. The number of carbonyl (C=O) groups is 2. The fraction of sp³-hybridized carbons (Fsp3) is 0.412. The van der Waals surface area contributed by atoms with Crippen molar-refractivity contribution in [2.24, 2.45) is 7.05 Å². The maximum atomic E-state index is 12.7. The summed E-state index contributed by atoms with van der Waals surface area (Å²) >= 11 is 0. The number of aromatic nitrogens is 3. The zero-order valence-corrected chi connectivity index (χ0v) is 13.9. The van der Waals surface area contributed by atoms with Crippen molar-refractivity contribution in [2.45, 2.75) is 32.4 Å². The molecule has 0 radical (unpaired) electrons. The Balaban J connectivity index is 1.79. The molecule has 7 heteroatoms. The maximum Gasteiger partial charge on any atom is 0.257 e. The first kappa shape index (κ1) is 16.2. The monoisotopic (exact) mass is 327 g/mol. The van der Waals surface area contributed by atoms with Gasteiger partial charge in [-0.3, -0.25) is 19.3 Å². The molecular formula is C17H21N5O2. The van der Waals surface area contributed by atoms with E-state index in [-0.39, 0.29) is 17.9 Å². The topological polar surface area (TPSA) is 80.1 Å². The Morgan fingerprint density at radius 2 is 2.21 bits per heavy atom. The van der Waals surface area contributed by atoms with E-state index in [1.54, 1.807) is 24.1 Å². The third kappa shape index (κ3) is 3.45. The minimum atomic E-state index is -0.0866. The van der Waals surface area contributed by atoms with Crippen molar-refractivity contribution in [3.05, 3.63) is 47.5 Å². The first-order valence-electron chi connectivity index (χ1n) is 8.04. The molecule has 1 atom stereocenters. The summed E-state index contributed by atoms with van der Waals surface area (Å²) in [5, 5.41) is 6.82. The van der Waals surface area contributed by atoms with Crippen molar-refractivity contribution < 1.29 is 9.59 Å². The van der Waals surface area contributed by atoms with E-state index >= 15 is 0 Å². The third-order valence-corrected chi connectivity index (χ3v) is 4.15. The van der Waals surface area contributed by atoms with Crippen LogP contribution in [0.25, 0.3) is 0 Å². The van der Waals surface area contributed by atoms with E-state index in [4.69, 9.17) is 0 Å². The number of amides is 2. The smallest absolute Gasteiger partial charge is 0.257 e. The number of hydrogen-bond acceptors (Lipinski definition) is 4. The molecule has 0 saturated carbocycles. The van der Waals surface area contributed by atoms with Gasteiger partial charge >= 0.3 is 0 Å². The van der Waals surface area contributed by atoms with Gasteiger partial charge in [0.25, 0.3) is 5.91 Å². The Morgan fingerprint density at radius 3 is 2.92 bits per heavy atom. The first-order chi connectivity index (χ1) is 11.5. The van der Waals surface area contributed by atoms with Gasteiger partial charge < -0.3 is 10.2 Å². The standard InChI is InChI=1S/C17H21N5O2/c1-12(23)18-10-14-5-3-6-15(20-14)16-7-4-8-22(16)17(24)13-9-19-21(2)11-13/h3,5-6,9,11,16H,4,7-8,10H2,1-2H3,(H,18,23)/t16-/m0/s1. The third-order valence-electron chi connectivity index (χ3n) is 4.15. The van der Waals surface area contributed by atoms with E-state index in [2.05, 4.69) is 15.4 Å². The number of hydrogen-bond donors (Lipinski definition) is 1. The van der Waals surface area contributed by atoms with Crippen LogP contribution >= 0.6 is 0 Å². The highest BCUT2D eigenvalue weighted by molar-refractivity contribution is 5.94. The molecule has 1 saturated heterocycles. The second-order valence-electron chi connectivity index (χ2n) is 6.02. The average Bonchev–Trinajstić information content (AvgIpc) is 3.21. The number of pyridine rings is 1. The van der Waals surface area contributed by atoms with Crippen LogP contribution < -0.4 is 5.32 Å². The molecule has 1 fully saturated rings. The van der Waals surface area contributed by atoms with Crippen molar-refractivity contribution in [1.29, 1.82) is 0 Å². The highest BCUT2D eigenvalue weighted by atomic mass is 16.2. The molecule has 0 unspecified atom stereocenters. The number of rotatable bonds is 4. The van der Waals surface area contributed by atoms with Crippen molar-refractivity contribution in [3.63, 3.8) is 0 Å². The van der Waals surface area contributed by atoms with E-state index in [1.165, 1.54) is 6.92 Å². The Kier molecular flexibility index (Phi) is 4.59. The van der Waals surface area contributed by atoms with Crippen LogP contribution in [0.2, 0.25) is 0 Å². The van der Waals surface area contributed by atoms with E-state index < -0.39 is 0 Å². The van der Waals surface area contributed by atoms with E-state index in [0.29, 0.717) is 12.1 Å². The van der Waals surface area contributed by atoms with E-state index in [1.807, 2.05) is 23.1 Å². The summed E-state index contributed by atoms with van der Waals surface area (Å²) in [4.78, 5) is 30.3. The van der Waals surface area contributed by atoms with Crippen LogP contribution in [0.1, 0.15) is 47.6 Å². The van der Waals surface area contributed by atoms with Crippen LogP contribution in [0.4, 0.5) is 0 Å². The first-order valence-corrected chi connectivity index (χ1v) is 8.04. The SMILES string of the molecule is CC(=O)NCc1cccc([C@@H]2CCCN2C(=O)c2cnn(C)c2)n1. The Labute approximate surface area is 140 Å². The van der Waals surface area contributed by atoms with Crippen LogP contribution in [-0.4, -0.2) is 38.0 Å². The zero-order chi connectivity index (χ0) is 17.1. The minimum absolute atomic E-state index is 0.0142.